The highest BCUT2D eigenvalue weighted by Crippen LogP contribution is 2.38. The minimum atomic E-state index is -4.85. The first-order valence-electron chi connectivity index (χ1n) is 6.77. The van der Waals surface area contributed by atoms with Gasteiger partial charge in [-0.1, -0.05) is 0 Å². The van der Waals surface area contributed by atoms with Gasteiger partial charge in [0.25, 0.3) is 5.56 Å². The highest BCUT2D eigenvalue weighted by molar-refractivity contribution is 7.46. The van der Waals surface area contributed by atoms with Gasteiger partial charge in [-0.3, -0.25) is 24.3 Å². The van der Waals surface area contributed by atoms with Gasteiger partial charge in [0.1, 0.15) is 18.3 Å². The molecule has 3 heterocycles. The molecular formula is C10H13N4O10P. The number of hydrogen-bond donors (Lipinski definition) is 7. The summed E-state index contributed by atoms with van der Waals surface area (Å²) in [7, 11) is -4.85. The Balaban J connectivity index is 2.01. The maximum absolute atomic E-state index is 12.1. The average molecular weight is 380 g/mol. The zero-order valence-electron chi connectivity index (χ0n) is 12.1. The van der Waals surface area contributed by atoms with Gasteiger partial charge in [0.05, 0.1) is 6.61 Å². The van der Waals surface area contributed by atoms with Crippen molar-refractivity contribution in [3.63, 3.8) is 0 Å². The molecule has 2 aromatic rings. The number of imidazole rings is 1. The van der Waals surface area contributed by atoms with E-state index in [4.69, 9.17) is 14.5 Å². The minimum Gasteiger partial charge on any atom is -0.387 e. The van der Waals surface area contributed by atoms with Gasteiger partial charge in [0.2, 0.25) is 0 Å². The number of phosphoric ester groups is 1. The SMILES string of the molecule is O=c1[nH]c2c(=O)[nH]c(=O)n([C@@H]3O[C@H](COP(=O)(O)O)[C@@H](O)[C@H]3O)c2[nH]1. The number of aromatic nitrogens is 4. The molecule has 0 radical (unpaired) electrons. The largest absolute Gasteiger partial charge is 0.469 e. The van der Waals surface area contributed by atoms with E-state index in [-0.39, 0.29) is 11.2 Å². The highest BCUT2D eigenvalue weighted by atomic mass is 31.2. The first-order valence-corrected chi connectivity index (χ1v) is 8.30. The molecule has 138 valence electrons. The Bertz CT molecular complexity index is 1010. The van der Waals surface area contributed by atoms with Gasteiger partial charge in [0.15, 0.2) is 17.4 Å². The van der Waals surface area contributed by atoms with Gasteiger partial charge in [-0.15, -0.1) is 0 Å². The molecule has 7 N–H and O–H groups in total. The van der Waals surface area contributed by atoms with Crippen LogP contribution in [-0.2, 0) is 13.8 Å². The van der Waals surface area contributed by atoms with Crippen LogP contribution in [-0.4, -0.2) is 64.4 Å². The van der Waals surface area contributed by atoms with Crippen LogP contribution in [0.3, 0.4) is 0 Å². The van der Waals surface area contributed by atoms with E-state index in [1.54, 1.807) is 0 Å². The number of hydrogen-bond acceptors (Lipinski definition) is 8. The number of nitrogens with one attached hydrogen (secondary N) is 3. The lowest BCUT2D eigenvalue weighted by Crippen LogP contribution is -2.38. The molecule has 1 aliphatic heterocycles. The lowest BCUT2D eigenvalue weighted by molar-refractivity contribution is -0.0522. The van der Waals surface area contributed by atoms with Gasteiger partial charge in [0, 0.05) is 0 Å². The highest BCUT2D eigenvalue weighted by Gasteiger charge is 2.45. The molecule has 0 aromatic carbocycles. The van der Waals surface area contributed by atoms with Crippen LogP contribution < -0.4 is 16.9 Å². The molecule has 1 fully saturated rings. The summed E-state index contributed by atoms with van der Waals surface area (Å²) in [5, 5.41) is 20.0. The van der Waals surface area contributed by atoms with Gasteiger partial charge < -0.3 is 24.7 Å². The van der Waals surface area contributed by atoms with E-state index in [0.717, 1.165) is 0 Å². The first-order chi connectivity index (χ1) is 11.6. The zero-order valence-corrected chi connectivity index (χ0v) is 13.0. The summed E-state index contributed by atoms with van der Waals surface area (Å²) in [6, 6.07) is 0. The number of phosphoric acid groups is 1. The van der Waals surface area contributed by atoms with Crippen LogP contribution in [0.4, 0.5) is 0 Å². The van der Waals surface area contributed by atoms with Crippen molar-refractivity contribution < 1.29 is 33.8 Å². The minimum absolute atomic E-state index is 0.286. The number of rotatable bonds is 4. The molecule has 4 atom stereocenters. The molecule has 0 amide bonds. The number of aliphatic hydroxyl groups excluding tert-OH is 2. The van der Waals surface area contributed by atoms with Crippen molar-refractivity contribution in [2.45, 2.75) is 24.5 Å². The van der Waals surface area contributed by atoms with Crippen molar-refractivity contribution in [2.75, 3.05) is 6.61 Å². The van der Waals surface area contributed by atoms with E-state index in [0.29, 0.717) is 4.57 Å². The maximum atomic E-state index is 12.1. The fourth-order valence-electron chi connectivity index (χ4n) is 2.53. The number of aliphatic hydroxyl groups is 2. The van der Waals surface area contributed by atoms with Crippen LogP contribution in [0.15, 0.2) is 14.4 Å². The molecule has 0 saturated carbocycles. The summed E-state index contributed by atoms with van der Waals surface area (Å²) in [6.45, 7) is -0.774. The Kier molecular flexibility index (Phi) is 4.28. The maximum Gasteiger partial charge on any atom is 0.469 e. The molecule has 15 heteroatoms. The second kappa shape index (κ2) is 6.03. The second-order valence-corrected chi connectivity index (χ2v) is 6.50. The predicted octanol–water partition coefficient (Wildman–Crippen LogP) is -3.57. The van der Waals surface area contributed by atoms with Crippen molar-refractivity contribution in [3.8, 4) is 0 Å². The van der Waals surface area contributed by atoms with Crippen molar-refractivity contribution in [2.24, 2.45) is 0 Å². The van der Waals surface area contributed by atoms with Crippen LogP contribution in [0.5, 0.6) is 0 Å². The number of nitrogens with zero attached hydrogens (tertiary/aromatic N) is 1. The van der Waals surface area contributed by atoms with E-state index in [1.165, 1.54) is 0 Å². The Morgan fingerprint density at radius 1 is 1.12 bits per heavy atom. The van der Waals surface area contributed by atoms with Crippen molar-refractivity contribution >= 4 is 19.0 Å². The fraction of sp³-hybridized carbons (Fsp3) is 0.500. The van der Waals surface area contributed by atoms with Crippen LogP contribution in [0, 0.1) is 0 Å². The molecule has 2 aromatic heterocycles. The van der Waals surface area contributed by atoms with Gasteiger partial charge >= 0.3 is 19.2 Å². The van der Waals surface area contributed by atoms with Crippen LogP contribution >= 0.6 is 7.82 Å². The third kappa shape index (κ3) is 3.23. The molecule has 14 nitrogen and oxygen atoms in total. The van der Waals surface area contributed by atoms with Gasteiger partial charge in [-0.25, -0.2) is 18.7 Å². The molecule has 25 heavy (non-hydrogen) atoms. The third-order valence-electron chi connectivity index (χ3n) is 3.61. The topological polar surface area (TPSA) is 220 Å². The number of aromatic amines is 3. The van der Waals surface area contributed by atoms with Crippen molar-refractivity contribution in [1.29, 1.82) is 0 Å². The second-order valence-electron chi connectivity index (χ2n) is 5.26. The van der Waals surface area contributed by atoms with Crippen LogP contribution in [0.25, 0.3) is 11.2 Å². The van der Waals surface area contributed by atoms with Crippen molar-refractivity contribution in [3.05, 3.63) is 31.3 Å². The Labute approximate surface area is 135 Å². The normalized spacial score (nSPS) is 27.2. The fourth-order valence-corrected chi connectivity index (χ4v) is 2.88. The zero-order chi connectivity index (χ0) is 18.5. The summed E-state index contributed by atoms with van der Waals surface area (Å²) in [5.74, 6) is 0. The van der Waals surface area contributed by atoms with E-state index in [9.17, 15) is 29.2 Å². The molecule has 3 rings (SSSR count). The lowest BCUT2D eigenvalue weighted by Gasteiger charge is -2.17. The van der Waals surface area contributed by atoms with E-state index in [2.05, 4.69) is 14.5 Å². The monoisotopic (exact) mass is 380 g/mol. The van der Waals surface area contributed by atoms with Crippen molar-refractivity contribution in [1.82, 2.24) is 19.5 Å². The molecular weight excluding hydrogens is 367 g/mol. The summed E-state index contributed by atoms with van der Waals surface area (Å²) in [6.07, 6.45) is -6.31. The third-order valence-corrected chi connectivity index (χ3v) is 4.10. The molecule has 0 spiro atoms. The Morgan fingerprint density at radius 3 is 2.44 bits per heavy atom. The summed E-state index contributed by atoms with van der Waals surface area (Å²) < 4.78 is 20.9. The number of fused-ring (bicyclic) bond motifs is 1. The van der Waals surface area contributed by atoms with Gasteiger partial charge in [-0.05, 0) is 0 Å². The van der Waals surface area contributed by atoms with Gasteiger partial charge in [-0.2, -0.15) is 0 Å². The smallest absolute Gasteiger partial charge is 0.387 e. The summed E-state index contributed by atoms with van der Waals surface area (Å²) in [5.41, 5.74) is -3.30. The lowest BCUT2D eigenvalue weighted by atomic mass is 10.1. The predicted molar refractivity (Wildman–Crippen MR) is 77.7 cm³/mol. The molecule has 0 bridgehead atoms. The Morgan fingerprint density at radius 2 is 1.80 bits per heavy atom. The Hall–Kier alpha value is -2.06. The van der Waals surface area contributed by atoms with Crippen LogP contribution in [0.2, 0.25) is 0 Å². The van der Waals surface area contributed by atoms with E-state index < -0.39 is 55.9 Å². The molecule has 1 saturated heterocycles. The average Bonchev–Trinajstić information content (AvgIpc) is 3.00. The number of ether oxygens (including phenoxy) is 1. The summed E-state index contributed by atoms with van der Waals surface area (Å²) in [4.78, 5) is 58.8. The standard InChI is InChI=1S/C10H13N4O10P/c15-4-2(1-23-25(20,21)22)24-8(5(4)16)14-6-3(11-9(18)12-6)7(17)13-10(14)19/h2,4-5,8,15-16H,1H2,(H2,11,12,18)(H,13,17,19)(H2,20,21,22)/t2-,4-,5-,8-/m1/s1. The van der Waals surface area contributed by atoms with Crippen LogP contribution in [0.1, 0.15) is 6.23 Å². The molecule has 0 aliphatic carbocycles. The van der Waals surface area contributed by atoms with E-state index in [1.807, 2.05) is 4.98 Å². The summed E-state index contributed by atoms with van der Waals surface area (Å²) >= 11 is 0. The first kappa shape index (κ1) is 17.8. The number of H-pyrrole nitrogens is 3. The molecule has 1 aliphatic rings. The van der Waals surface area contributed by atoms with E-state index >= 15 is 0 Å². The molecule has 0 unspecified atom stereocenters. The quantitative estimate of drug-likeness (QED) is 0.259.